The lowest BCUT2D eigenvalue weighted by Crippen LogP contribution is -2.50. The molecule has 0 aliphatic heterocycles. The lowest BCUT2D eigenvalue weighted by Gasteiger charge is -2.37. The lowest BCUT2D eigenvalue weighted by molar-refractivity contribution is -0.158. The number of nitrogens with zero attached hydrogens (tertiary/aromatic N) is 1. The molecule has 0 bridgehead atoms. The van der Waals surface area contributed by atoms with Gasteiger partial charge in [-0.05, 0) is 12.8 Å². The van der Waals surface area contributed by atoms with E-state index in [4.69, 9.17) is 5.11 Å². The zero-order valence-corrected chi connectivity index (χ0v) is 9.08. The van der Waals surface area contributed by atoms with Crippen LogP contribution in [0.2, 0.25) is 0 Å². The molecule has 2 atom stereocenters. The van der Waals surface area contributed by atoms with Crippen molar-refractivity contribution in [1.82, 2.24) is 4.90 Å². The first kappa shape index (κ1) is 13.7. The molecule has 1 saturated carbocycles. The molecule has 0 heterocycles. The van der Waals surface area contributed by atoms with Gasteiger partial charge in [-0.15, -0.1) is 0 Å². The molecule has 16 heavy (non-hydrogen) atoms. The minimum atomic E-state index is -4.29. The summed E-state index contributed by atoms with van der Waals surface area (Å²) < 4.78 is 36.9. The molecule has 0 aromatic heterocycles. The van der Waals surface area contributed by atoms with Gasteiger partial charge in [0.15, 0.2) is 0 Å². The highest BCUT2D eigenvalue weighted by Gasteiger charge is 2.36. The van der Waals surface area contributed by atoms with Crippen molar-refractivity contribution >= 4 is 0 Å². The summed E-state index contributed by atoms with van der Waals surface area (Å²) >= 11 is 0. The van der Waals surface area contributed by atoms with Crippen LogP contribution >= 0.6 is 0 Å². The lowest BCUT2D eigenvalue weighted by atomic mass is 9.91. The first-order chi connectivity index (χ1) is 7.44. The van der Waals surface area contributed by atoms with Crippen molar-refractivity contribution in [1.29, 1.82) is 0 Å². The Hall–Kier alpha value is -0.330. The van der Waals surface area contributed by atoms with E-state index < -0.39 is 24.9 Å². The van der Waals surface area contributed by atoms with Gasteiger partial charge in [-0.2, -0.15) is 13.2 Å². The second-order valence-electron chi connectivity index (χ2n) is 4.23. The molecule has 2 N–H and O–H groups in total. The van der Waals surface area contributed by atoms with Crippen LogP contribution in [0.5, 0.6) is 0 Å². The topological polar surface area (TPSA) is 43.7 Å². The van der Waals surface area contributed by atoms with E-state index in [1.807, 2.05) is 0 Å². The van der Waals surface area contributed by atoms with E-state index >= 15 is 0 Å². The van der Waals surface area contributed by atoms with Crippen LogP contribution in [0.15, 0.2) is 0 Å². The van der Waals surface area contributed by atoms with Gasteiger partial charge in [0, 0.05) is 12.6 Å². The molecule has 1 rings (SSSR count). The van der Waals surface area contributed by atoms with Gasteiger partial charge in [0.25, 0.3) is 0 Å². The van der Waals surface area contributed by atoms with Crippen LogP contribution < -0.4 is 0 Å². The normalized spacial score (nSPS) is 27.4. The summed E-state index contributed by atoms with van der Waals surface area (Å²) in [5, 5.41) is 18.4. The first-order valence-corrected chi connectivity index (χ1v) is 5.54. The molecule has 0 spiro atoms. The summed E-state index contributed by atoms with van der Waals surface area (Å²) in [6.07, 6.45) is -2.19. The van der Waals surface area contributed by atoms with Gasteiger partial charge in [0.1, 0.15) is 0 Å². The van der Waals surface area contributed by atoms with E-state index in [0.717, 1.165) is 17.7 Å². The van der Waals surface area contributed by atoms with Crippen LogP contribution in [-0.2, 0) is 0 Å². The molecule has 96 valence electrons. The molecule has 2 unspecified atom stereocenters. The monoisotopic (exact) mass is 241 g/mol. The third-order valence-electron chi connectivity index (χ3n) is 2.93. The van der Waals surface area contributed by atoms with E-state index in [0.29, 0.717) is 12.8 Å². The Bertz CT molecular complexity index is 211. The van der Waals surface area contributed by atoms with E-state index in [-0.39, 0.29) is 13.2 Å². The number of hydrogen-bond donors (Lipinski definition) is 2. The summed E-state index contributed by atoms with van der Waals surface area (Å²) in [6.45, 7) is -1.42. The molecule has 1 fully saturated rings. The number of rotatable bonds is 4. The fourth-order valence-electron chi connectivity index (χ4n) is 2.24. The summed E-state index contributed by atoms with van der Waals surface area (Å²) in [5.41, 5.74) is 0. The van der Waals surface area contributed by atoms with Crippen LogP contribution in [0.25, 0.3) is 0 Å². The Morgan fingerprint density at radius 3 is 2.31 bits per heavy atom. The number of aliphatic hydroxyl groups excluding tert-OH is 2. The molecule has 6 heteroatoms. The second kappa shape index (κ2) is 5.84. The largest absolute Gasteiger partial charge is 0.401 e. The SMILES string of the molecule is OCCN(CC(F)(F)F)C1CCCCC1O. The van der Waals surface area contributed by atoms with E-state index in [2.05, 4.69) is 0 Å². The van der Waals surface area contributed by atoms with Crippen LogP contribution in [0.1, 0.15) is 25.7 Å². The molecule has 0 amide bonds. The smallest absolute Gasteiger partial charge is 0.395 e. The van der Waals surface area contributed by atoms with Crippen molar-refractivity contribution in [3.63, 3.8) is 0 Å². The van der Waals surface area contributed by atoms with E-state index in [9.17, 15) is 18.3 Å². The van der Waals surface area contributed by atoms with Gasteiger partial charge in [-0.25, -0.2) is 0 Å². The summed E-state index contributed by atoms with van der Waals surface area (Å²) in [6, 6.07) is -0.470. The standard InChI is InChI=1S/C10H18F3NO2/c11-10(12,13)7-14(5-6-15)8-3-1-2-4-9(8)16/h8-9,15-16H,1-7H2. The summed E-state index contributed by atoms with van der Waals surface area (Å²) in [4.78, 5) is 1.14. The number of aliphatic hydroxyl groups is 2. The minimum Gasteiger partial charge on any atom is -0.395 e. The maximum absolute atomic E-state index is 12.3. The zero-order valence-electron chi connectivity index (χ0n) is 9.08. The molecule has 0 radical (unpaired) electrons. The fourth-order valence-corrected chi connectivity index (χ4v) is 2.24. The quantitative estimate of drug-likeness (QED) is 0.776. The molecular formula is C10H18F3NO2. The second-order valence-corrected chi connectivity index (χ2v) is 4.23. The highest BCUT2D eigenvalue weighted by atomic mass is 19.4. The zero-order chi connectivity index (χ0) is 12.2. The highest BCUT2D eigenvalue weighted by Crippen LogP contribution is 2.26. The maximum atomic E-state index is 12.3. The summed E-state index contributed by atoms with van der Waals surface area (Å²) in [5.74, 6) is 0. The van der Waals surface area contributed by atoms with Crippen molar-refractivity contribution in [2.24, 2.45) is 0 Å². The van der Waals surface area contributed by atoms with E-state index in [1.54, 1.807) is 0 Å². The molecule has 0 saturated heterocycles. The van der Waals surface area contributed by atoms with Gasteiger partial charge in [-0.3, -0.25) is 4.90 Å². The van der Waals surface area contributed by atoms with Crippen molar-refractivity contribution < 1.29 is 23.4 Å². The molecule has 0 aromatic carbocycles. The first-order valence-electron chi connectivity index (χ1n) is 5.54. The number of halogens is 3. The highest BCUT2D eigenvalue weighted by molar-refractivity contribution is 4.84. The molecule has 1 aliphatic rings. The molecule has 1 aliphatic carbocycles. The maximum Gasteiger partial charge on any atom is 0.401 e. The van der Waals surface area contributed by atoms with Gasteiger partial charge in [0.2, 0.25) is 0 Å². The Kier molecular flexibility index (Phi) is 5.01. The predicted molar refractivity (Wildman–Crippen MR) is 53.0 cm³/mol. The van der Waals surface area contributed by atoms with Crippen LogP contribution in [0.4, 0.5) is 13.2 Å². The van der Waals surface area contributed by atoms with Crippen molar-refractivity contribution in [2.45, 2.75) is 44.0 Å². The van der Waals surface area contributed by atoms with Gasteiger partial charge >= 0.3 is 6.18 Å². The van der Waals surface area contributed by atoms with Crippen molar-refractivity contribution in [3.05, 3.63) is 0 Å². The third-order valence-corrected chi connectivity index (χ3v) is 2.93. The summed E-state index contributed by atoms with van der Waals surface area (Å²) in [7, 11) is 0. The van der Waals surface area contributed by atoms with Crippen molar-refractivity contribution in [2.75, 3.05) is 19.7 Å². The Labute approximate surface area is 92.9 Å². The third kappa shape index (κ3) is 4.27. The number of hydrogen-bond acceptors (Lipinski definition) is 3. The Morgan fingerprint density at radius 1 is 1.19 bits per heavy atom. The van der Waals surface area contributed by atoms with Gasteiger partial charge < -0.3 is 10.2 Å². The number of alkyl halides is 3. The van der Waals surface area contributed by atoms with Gasteiger partial charge in [-0.1, -0.05) is 12.8 Å². The van der Waals surface area contributed by atoms with Crippen LogP contribution in [0.3, 0.4) is 0 Å². The van der Waals surface area contributed by atoms with Gasteiger partial charge in [0.05, 0.1) is 19.3 Å². The van der Waals surface area contributed by atoms with Crippen LogP contribution in [0, 0.1) is 0 Å². The molecular weight excluding hydrogens is 223 g/mol. The average molecular weight is 241 g/mol. The average Bonchev–Trinajstić information content (AvgIpc) is 2.16. The van der Waals surface area contributed by atoms with Crippen molar-refractivity contribution in [3.8, 4) is 0 Å². The Balaban J connectivity index is 2.60. The predicted octanol–water partition coefficient (Wildman–Crippen LogP) is 1.15. The van der Waals surface area contributed by atoms with Crippen LogP contribution in [-0.4, -0.2) is 53.1 Å². The Morgan fingerprint density at radius 2 is 1.81 bits per heavy atom. The molecule has 3 nitrogen and oxygen atoms in total. The fraction of sp³-hybridized carbons (Fsp3) is 1.00. The molecule has 0 aromatic rings. The van der Waals surface area contributed by atoms with E-state index in [1.165, 1.54) is 0 Å². The minimum absolute atomic E-state index is 0.0404.